The number of nitrogens with two attached hydrogens (primary N) is 1. The molecule has 2 rings (SSSR count). The van der Waals surface area contributed by atoms with Crippen molar-refractivity contribution in [2.75, 3.05) is 26.8 Å². The van der Waals surface area contributed by atoms with E-state index in [0.717, 1.165) is 25.7 Å². The predicted octanol–water partition coefficient (Wildman–Crippen LogP) is -0.938. The first-order chi connectivity index (χ1) is 6.30. The van der Waals surface area contributed by atoms with E-state index in [1.54, 1.807) is 7.05 Å². The number of aliphatic imine (C=N–C) groups is 1. The summed E-state index contributed by atoms with van der Waals surface area (Å²) in [4.78, 5) is 3.95. The van der Waals surface area contributed by atoms with Crippen LogP contribution in [0.25, 0.3) is 0 Å². The molecule has 2 aliphatic rings. The normalized spacial score (nSPS) is 37.1. The SMILES string of the molecule is CN=C(NN)NCC12COCC1C2. The highest BCUT2D eigenvalue weighted by Gasteiger charge is 2.57. The molecule has 1 heterocycles. The molecule has 4 N–H and O–H groups in total. The average molecular weight is 184 g/mol. The molecule has 0 bridgehead atoms. The third-order valence-corrected chi connectivity index (χ3v) is 3.04. The van der Waals surface area contributed by atoms with E-state index in [9.17, 15) is 0 Å². The molecule has 74 valence electrons. The molecule has 0 amide bonds. The van der Waals surface area contributed by atoms with E-state index in [-0.39, 0.29) is 0 Å². The maximum atomic E-state index is 5.38. The third kappa shape index (κ3) is 1.49. The second-order valence-electron chi connectivity index (χ2n) is 3.85. The molecule has 0 aromatic rings. The first kappa shape index (κ1) is 8.77. The number of rotatable bonds is 2. The third-order valence-electron chi connectivity index (χ3n) is 3.04. The Morgan fingerprint density at radius 2 is 2.62 bits per heavy atom. The standard InChI is InChI=1S/C8H16N4O/c1-10-7(12-9)11-4-8-2-6(8)3-13-5-8/h6H,2-5,9H2,1H3,(H2,10,11,12). The molecular weight excluding hydrogens is 168 g/mol. The minimum atomic E-state index is 0.382. The van der Waals surface area contributed by atoms with Gasteiger partial charge < -0.3 is 10.1 Å². The van der Waals surface area contributed by atoms with Crippen LogP contribution in [-0.2, 0) is 4.74 Å². The molecule has 2 fully saturated rings. The molecule has 0 aromatic heterocycles. The van der Waals surface area contributed by atoms with Gasteiger partial charge in [-0.05, 0) is 12.3 Å². The van der Waals surface area contributed by atoms with E-state index in [4.69, 9.17) is 10.6 Å². The Morgan fingerprint density at radius 1 is 1.77 bits per heavy atom. The summed E-state index contributed by atoms with van der Waals surface area (Å²) in [7, 11) is 1.70. The van der Waals surface area contributed by atoms with Crippen molar-refractivity contribution in [2.45, 2.75) is 6.42 Å². The fraction of sp³-hybridized carbons (Fsp3) is 0.875. The highest BCUT2D eigenvalue weighted by molar-refractivity contribution is 5.79. The number of nitrogens with zero attached hydrogens (tertiary/aromatic N) is 1. The second kappa shape index (κ2) is 3.16. The molecule has 1 aliphatic heterocycles. The molecule has 5 nitrogen and oxygen atoms in total. The van der Waals surface area contributed by atoms with Crippen LogP contribution in [-0.4, -0.2) is 32.8 Å². The van der Waals surface area contributed by atoms with Crippen molar-refractivity contribution < 1.29 is 4.74 Å². The first-order valence-corrected chi connectivity index (χ1v) is 4.56. The van der Waals surface area contributed by atoms with E-state index in [1.807, 2.05) is 0 Å². The summed E-state index contributed by atoms with van der Waals surface area (Å²) in [5.74, 6) is 6.66. The topological polar surface area (TPSA) is 71.7 Å². The fourth-order valence-corrected chi connectivity index (χ4v) is 1.97. The highest BCUT2D eigenvalue weighted by Crippen LogP contribution is 2.56. The molecule has 1 aliphatic carbocycles. The summed E-state index contributed by atoms with van der Waals surface area (Å²) in [5.41, 5.74) is 2.89. The van der Waals surface area contributed by atoms with Crippen molar-refractivity contribution in [3.8, 4) is 0 Å². The highest BCUT2D eigenvalue weighted by atomic mass is 16.5. The van der Waals surface area contributed by atoms with Gasteiger partial charge in [0.25, 0.3) is 0 Å². The number of hydrazine groups is 1. The van der Waals surface area contributed by atoms with Crippen molar-refractivity contribution in [3.05, 3.63) is 0 Å². The molecule has 2 unspecified atom stereocenters. The summed E-state index contributed by atoms with van der Waals surface area (Å²) >= 11 is 0. The van der Waals surface area contributed by atoms with Crippen LogP contribution < -0.4 is 16.6 Å². The zero-order valence-electron chi connectivity index (χ0n) is 7.84. The van der Waals surface area contributed by atoms with Crippen molar-refractivity contribution in [1.82, 2.24) is 10.7 Å². The van der Waals surface area contributed by atoms with Gasteiger partial charge in [-0.25, -0.2) is 5.84 Å². The molecule has 2 atom stereocenters. The minimum Gasteiger partial charge on any atom is -0.380 e. The van der Waals surface area contributed by atoms with Crippen molar-refractivity contribution in [2.24, 2.45) is 22.2 Å². The lowest BCUT2D eigenvalue weighted by atomic mass is 10.1. The van der Waals surface area contributed by atoms with E-state index in [1.165, 1.54) is 6.42 Å². The molecule has 5 heteroatoms. The number of guanidine groups is 1. The van der Waals surface area contributed by atoms with Crippen LogP contribution in [0.2, 0.25) is 0 Å². The van der Waals surface area contributed by atoms with E-state index in [2.05, 4.69) is 15.7 Å². The van der Waals surface area contributed by atoms with Gasteiger partial charge in [-0.15, -0.1) is 0 Å². The van der Waals surface area contributed by atoms with E-state index in [0.29, 0.717) is 11.4 Å². The molecule has 1 saturated heterocycles. The Bertz CT molecular complexity index is 230. The van der Waals surface area contributed by atoms with Crippen molar-refractivity contribution in [1.29, 1.82) is 0 Å². The zero-order chi connectivity index (χ0) is 9.31. The van der Waals surface area contributed by atoms with Crippen molar-refractivity contribution in [3.63, 3.8) is 0 Å². The zero-order valence-corrected chi connectivity index (χ0v) is 7.84. The number of hydrogen-bond acceptors (Lipinski definition) is 3. The number of hydrogen-bond donors (Lipinski definition) is 3. The molecule has 1 saturated carbocycles. The molecule has 0 radical (unpaired) electrons. The maximum absolute atomic E-state index is 5.38. The molecular formula is C8H16N4O. The van der Waals surface area contributed by atoms with Gasteiger partial charge in [-0.2, -0.15) is 0 Å². The van der Waals surface area contributed by atoms with Crippen LogP contribution in [0.15, 0.2) is 4.99 Å². The number of fused-ring (bicyclic) bond motifs is 1. The van der Waals surface area contributed by atoms with Crippen molar-refractivity contribution >= 4 is 5.96 Å². The lowest BCUT2D eigenvalue weighted by Crippen LogP contribution is -2.44. The minimum absolute atomic E-state index is 0.382. The summed E-state index contributed by atoms with van der Waals surface area (Å²) in [5, 5.41) is 3.18. The van der Waals surface area contributed by atoms with Crippen LogP contribution in [0.4, 0.5) is 0 Å². The van der Waals surface area contributed by atoms with Crippen LogP contribution in [0.5, 0.6) is 0 Å². The van der Waals surface area contributed by atoms with Crippen LogP contribution in [0.1, 0.15) is 6.42 Å². The van der Waals surface area contributed by atoms with E-state index >= 15 is 0 Å². The summed E-state index contributed by atoms with van der Waals surface area (Å²) < 4.78 is 5.38. The summed E-state index contributed by atoms with van der Waals surface area (Å²) in [6.07, 6.45) is 1.28. The molecule has 0 spiro atoms. The largest absolute Gasteiger partial charge is 0.380 e. The Labute approximate surface area is 77.7 Å². The molecule has 0 aromatic carbocycles. The average Bonchev–Trinajstić information content (AvgIpc) is 2.71. The smallest absolute Gasteiger partial charge is 0.205 e. The van der Waals surface area contributed by atoms with Gasteiger partial charge in [0.15, 0.2) is 0 Å². The lowest BCUT2D eigenvalue weighted by molar-refractivity contribution is 0.147. The Morgan fingerprint density at radius 3 is 3.08 bits per heavy atom. The predicted molar refractivity (Wildman–Crippen MR) is 50.0 cm³/mol. The van der Waals surface area contributed by atoms with Crippen LogP contribution >= 0.6 is 0 Å². The number of ether oxygens (including phenoxy) is 1. The van der Waals surface area contributed by atoms with E-state index < -0.39 is 0 Å². The summed E-state index contributed by atoms with van der Waals surface area (Å²) in [6, 6.07) is 0. The monoisotopic (exact) mass is 184 g/mol. The Balaban J connectivity index is 1.80. The fourth-order valence-electron chi connectivity index (χ4n) is 1.97. The number of nitrogens with one attached hydrogen (secondary N) is 2. The van der Waals surface area contributed by atoms with Gasteiger partial charge in [0, 0.05) is 19.0 Å². The van der Waals surface area contributed by atoms with Gasteiger partial charge in [-0.3, -0.25) is 10.4 Å². The second-order valence-corrected chi connectivity index (χ2v) is 3.85. The Kier molecular flexibility index (Phi) is 2.13. The lowest BCUT2D eigenvalue weighted by Gasteiger charge is -2.13. The van der Waals surface area contributed by atoms with Gasteiger partial charge in [0.2, 0.25) is 5.96 Å². The summed E-state index contributed by atoms with van der Waals surface area (Å²) in [6.45, 7) is 2.72. The van der Waals surface area contributed by atoms with Crippen LogP contribution in [0.3, 0.4) is 0 Å². The quantitative estimate of drug-likeness (QED) is 0.224. The first-order valence-electron chi connectivity index (χ1n) is 4.56. The van der Waals surface area contributed by atoms with Crippen LogP contribution in [0, 0.1) is 11.3 Å². The Hall–Kier alpha value is -0.810. The van der Waals surface area contributed by atoms with Gasteiger partial charge >= 0.3 is 0 Å². The maximum Gasteiger partial charge on any atom is 0.205 e. The van der Waals surface area contributed by atoms with Gasteiger partial charge in [-0.1, -0.05) is 0 Å². The van der Waals surface area contributed by atoms with Gasteiger partial charge in [0.05, 0.1) is 13.2 Å². The van der Waals surface area contributed by atoms with Gasteiger partial charge in [0.1, 0.15) is 0 Å². The molecule has 13 heavy (non-hydrogen) atoms.